The van der Waals surface area contributed by atoms with Crippen molar-refractivity contribution in [2.45, 2.75) is 6.42 Å². The number of carboxylic acid groups (broad SMARTS) is 1. The SMILES string of the molecule is NC(=O)c1ccccc1-c1cc(Cc2ccccc2)cc(C(=O)O)c1. The molecular weight excluding hydrogens is 314 g/mol. The highest BCUT2D eigenvalue weighted by Gasteiger charge is 2.13. The molecule has 0 unspecified atom stereocenters. The number of carboxylic acids is 1. The Morgan fingerprint density at radius 2 is 1.52 bits per heavy atom. The molecule has 0 aliphatic carbocycles. The van der Waals surface area contributed by atoms with Crippen molar-refractivity contribution in [2.75, 3.05) is 0 Å². The maximum absolute atomic E-state index is 11.7. The Hall–Kier alpha value is -3.40. The molecule has 124 valence electrons. The molecular formula is C21H17NO3. The number of carbonyl (C=O) groups excluding carboxylic acids is 1. The van der Waals surface area contributed by atoms with E-state index >= 15 is 0 Å². The number of benzene rings is 3. The van der Waals surface area contributed by atoms with Crippen molar-refractivity contribution < 1.29 is 14.7 Å². The first kappa shape index (κ1) is 16.5. The van der Waals surface area contributed by atoms with Gasteiger partial charge in [0.1, 0.15) is 0 Å². The van der Waals surface area contributed by atoms with E-state index in [2.05, 4.69) is 0 Å². The second-order valence-electron chi connectivity index (χ2n) is 5.80. The van der Waals surface area contributed by atoms with Crippen molar-refractivity contribution in [3.05, 3.63) is 95.1 Å². The highest BCUT2D eigenvalue weighted by molar-refractivity contribution is 6.00. The van der Waals surface area contributed by atoms with Gasteiger partial charge in [0.2, 0.25) is 5.91 Å². The van der Waals surface area contributed by atoms with Gasteiger partial charge in [-0.25, -0.2) is 4.79 Å². The second kappa shape index (κ2) is 7.01. The monoisotopic (exact) mass is 331 g/mol. The topological polar surface area (TPSA) is 80.4 Å². The normalized spacial score (nSPS) is 10.4. The number of carbonyl (C=O) groups is 2. The number of hydrogen-bond donors (Lipinski definition) is 2. The van der Waals surface area contributed by atoms with E-state index < -0.39 is 11.9 Å². The summed E-state index contributed by atoms with van der Waals surface area (Å²) in [5.41, 5.74) is 9.25. The molecule has 0 fully saturated rings. The third-order valence-corrected chi connectivity index (χ3v) is 3.99. The predicted octanol–water partition coefficient (Wildman–Crippen LogP) is 3.74. The van der Waals surface area contributed by atoms with Gasteiger partial charge in [0.15, 0.2) is 0 Å². The van der Waals surface area contributed by atoms with E-state index in [1.807, 2.05) is 36.4 Å². The minimum Gasteiger partial charge on any atom is -0.478 e. The van der Waals surface area contributed by atoms with Gasteiger partial charge >= 0.3 is 5.97 Å². The van der Waals surface area contributed by atoms with Crippen molar-refractivity contribution in [1.82, 2.24) is 0 Å². The Bertz CT molecular complexity index is 933. The molecule has 1 amide bonds. The zero-order valence-electron chi connectivity index (χ0n) is 13.5. The molecule has 4 heteroatoms. The Kier molecular flexibility index (Phi) is 4.61. The first-order valence-corrected chi connectivity index (χ1v) is 7.85. The first-order chi connectivity index (χ1) is 12.0. The molecule has 0 spiro atoms. The van der Waals surface area contributed by atoms with Gasteiger partial charge in [-0.3, -0.25) is 4.79 Å². The van der Waals surface area contributed by atoms with Crippen LogP contribution < -0.4 is 5.73 Å². The highest BCUT2D eigenvalue weighted by atomic mass is 16.4. The van der Waals surface area contributed by atoms with Crippen LogP contribution in [0, 0.1) is 0 Å². The van der Waals surface area contributed by atoms with Crippen LogP contribution in [-0.4, -0.2) is 17.0 Å². The summed E-state index contributed by atoms with van der Waals surface area (Å²) >= 11 is 0. The Morgan fingerprint density at radius 1 is 0.840 bits per heavy atom. The van der Waals surface area contributed by atoms with E-state index in [9.17, 15) is 14.7 Å². The minimum atomic E-state index is -1.01. The van der Waals surface area contributed by atoms with Crippen LogP contribution in [-0.2, 0) is 6.42 Å². The van der Waals surface area contributed by atoms with Crippen molar-refractivity contribution >= 4 is 11.9 Å². The average Bonchev–Trinajstić information content (AvgIpc) is 2.62. The average molecular weight is 331 g/mol. The molecule has 0 radical (unpaired) electrons. The number of amides is 1. The van der Waals surface area contributed by atoms with Gasteiger partial charge in [-0.2, -0.15) is 0 Å². The number of aromatic carboxylic acids is 1. The lowest BCUT2D eigenvalue weighted by molar-refractivity contribution is 0.0696. The van der Waals surface area contributed by atoms with Gasteiger partial charge in [-0.15, -0.1) is 0 Å². The van der Waals surface area contributed by atoms with E-state index in [-0.39, 0.29) is 5.56 Å². The van der Waals surface area contributed by atoms with Crippen LogP contribution in [0.1, 0.15) is 31.8 Å². The lowest BCUT2D eigenvalue weighted by Gasteiger charge is -2.11. The summed E-state index contributed by atoms with van der Waals surface area (Å²) in [5, 5.41) is 9.43. The summed E-state index contributed by atoms with van der Waals surface area (Å²) < 4.78 is 0. The van der Waals surface area contributed by atoms with Crippen molar-refractivity contribution in [2.24, 2.45) is 5.73 Å². The standard InChI is InChI=1S/C21H17NO3/c22-20(23)19-9-5-4-8-18(19)16-11-15(12-17(13-16)21(24)25)10-14-6-2-1-3-7-14/h1-9,11-13H,10H2,(H2,22,23)(H,24,25). The summed E-state index contributed by atoms with van der Waals surface area (Å²) in [5.74, 6) is -1.55. The van der Waals surface area contributed by atoms with E-state index in [1.54, 1.807) is 36.4 Å². The van der Waals surface area contributed by atoms with Crippen molar-refractivity contribution in [3.8, 4) is 11.1 Å². The van der Waals surface area contributed by atoms with E-state index in [0.717, 1.165) is 11.1 Å². The summed E-state index contributed by atoms with van der Waals surface area (Å²) in [6, 6.07) is 21.9. The molecule has 0 aliphatic rings. The van der Waals surface area contributed by atoms with Gasteiger partial charge < -0.3 is 10.8 Å². The van der Waals surface area contributed by atoms with Crippen molar-refractivity contribution in [1.29, 1.82) is 0 Å². The minimum absolute atomic E-state index is 0.183. The third-order valence-electron chi connectivity index (χ3n) is 3.99. The lowest BCUT2D eigenvalue weighted by Crippen LogP contribution is -2.12. The molecule has 0 bridgehead atoms. The Labute approximate surface area is 145 Å². The lowest BCUT2D eigenvalue weighted by atomic mass is 9.93. The number of rotatable bonds is 5. The number of nitrogens with two attached hydrogens (primary N) is 1. The quantitative estimate of drug-likeness (QED) is 0.747. The maximum atomic E-state index is 11.7. The molecule has 3 rings (SSSR count). The Morgan fingerprint density at radius 3 is 2.20 bits per heavy atom. The molecule has 0 heterocycles. The highest BCUT2D eigenvalue weighted by Crippen LogP contribution is 2.27. The fourth-order valence-electron chi connectivity index (χ4n) is 2.85. The van der Waals surface area contributed by atoms with Crippen LogP contribution in [0.3, 0.4) is 0 Å². The molecule has 4 nitrogen and oxygen atoms in total. The predicted molar refractivity (Wildman–Crippen MR) is 96.6 cm³/mol. The van der Waals surface area contributed by atoms with Gasteiger partial charge in [-0.1, -0.05) is 54.6 Å². The zero-order valence-corrected chi connectivity index (χ0v) is 13.5. The summed E-state index contributed by atoms with van der Waals surface area (Å²) in [7, 11) is 0. The summed E-state index contributed by atoms with van der Waals surface area (Å²) in [6.45, 7) is 0. The fraction of sp³-hybridized carbons (Fsp3) is 0.0476. The molecule has 25 heavy (non-hydrogen) atoms. The zero-order chi connectivity index (χ0) is 17.8. The van der Waals surface area contributed by atoms with Crippen LogP contribution in [0.5, 0.6) is 0 Å². The summed E-state index contributed by atoms with van der Waals surface area (Å²) in [4.78, 5) is 23.2. The van der Waals surface area contributed by atoms with Crippen LogP contribution in [0.4, 0.5) is 0 Å². The molecule has 3 N–H and O–H groups in total. The molecule has 3 aromatic rings. The Balaban J connectivity index is 2.11. The fourth-order valence-corrected chi connectivity index (χ4v) is 2.85. The van der Waals surface area contributed by atoms with Crippen LogP contribution >= 0.6 is 0 Å². The molecule has 0 aromatic heterocycles. The largest absolute Gasteiger partial charge is 0.478 e. The summed E-state index contributed by atoms with van der Waals surface area (Å²) in [6.07, 6.45) is 0.605. The van der Waals surface area contributed by atoms with E-state index in [1.165, 1.54) is 0 Å². The second-order valence-corrected chi connectivity index (χ2v) is 5.80. The molecule has 0 aliphatic heterocycles. The van der Waals surface area contributed by atoms with Crippen LogP contribution in [0.25, 0.3) is 11.1 Å². The van der Waals surface area contributed by atoms with E-state index in [4.69, 9.17) is 5.73 Å². The molecule has 3 aromatic carbocycles. The van der Waals surface area contributed by atoms with E-state index in [0.29, 0.717) is 23.1 Å². The third kappa shape index (κ3) is 3.75. The van der Waals surface area contributed by atoms with Crippen LogP contribution in [0.15, 0.2) is 72.8 Å². The van der Waals surface area contributed by atoms with Crippen molar-refractivity contribution in [3.63, 3.8) is 0 Å². The van der Waals surface area contributed by atoms with Gasteiger partial charge in [0.25, 0.3) is 0 Å². The molecule has 0 atom stereocenters. The van der Waals surface area contributed by atoms with Crippen LogP contribution in [0.2, 0.25) is 0 Å². The number of primary amides is 1. The molecule has 0 saturated heterocycles. The van der Waals surface area contributed by atoms with Gasteiger partial charge in [-0.05, 0) is 46.9 Å². The maximum Gasteiger partial charge on any atom is 0.335 e. The van der Waals surface area contributed by atoms with Gasteiger partial charge in [0.05, 0.1) is 5.56 Å². The van der Waals surface area contributed by atoms with Gasteiger partial charge in [0, 0.05) is 5.56 Å². The first-order valence-electron chi connectivity index (χ1n) is 7.85. The number of hydrogen-bond acceptors (Lipinski definition) is 2. The smallest absolute Gasteiger partial charge is 0.335 e. The molecule has 0 saturated carbocycles.